The number of hydrogen-bond donors (Lipinski definition) is 0. The van der Waals surface area contributed by atoms with Crippen LogP contribution in [0, 0.1) is 0 Å². The fraction of sp³-hybridized carbons (Fsp3) is 0.444. The van der Waals surface area contributed by atoms with Crippen LogP contribution in [0.15, 0.2) is 30.9 Å². The lowest BCUT2D eigenvalue weighted by Gasteiger charge is -2.25. The first kappa shape index (κ1) is 20.5. The molecular weight excluding hydrogens is 349 g/mol. The fourth-order valence-electron chi connectivity index (χ4n) is 2.10. The number of halogens is 2. The van der Waals surface area contributed by atoms with Crippen LogP contribution in [0.25, 0.3) is 0 Å². The maximum absolute atomic E-state index is 12.6. The van der Waals surface area contributed by atoms with Crippen molar-refractivity contribution in [3.63, 3.8) is 0 Å². The van der Waals surface area contributed by atoms with Crippen LogP contribution in [-0.2, 0) is 9.53 Å². The van der Waals surface area contributed by atoms with Gasteiger partial charge in [-0.3, -0.25) is 4.79 Å². The topological polar surface area (TPSA) is 46.6 Å². The van der Waals surface area contributed by atoms with Gasteiger partial charge in [-0.05, 0) is 44.9 Å². The molecule has 1 amide bonds. The minimum absolute atomic E-state index is 0.0618. The molecule has 6 heteroatoms. The maximum Gasteiger partial charge on any atom is 0.410 e. The predicted molar refractivity (Wildman–Crippen MR) is 97.9 cm³/mol. The van der Waals surface area contributed by atoms with Crippen molar-refractivity contribution < 1.29 is 14.3 Å². The summed E-state index contributed by atoms with van der Waals surface area (Å²) < 4.78 is 5.26. The Bertz CT molecular complexity index is 623. The van der Waals surface area contributed by atoms with Crippen molar-refractivity contribution in [1.82, 2.24) is 4.90 Å². The molecule has 4 nitrogen and oxygen atoms in total. The van der Waals surface area contributed by atoms with E-state index in [2.05, 4.69) is 6.58 Å². The molecule has 0 unspecified atom stereocenters. The first-order chi connectivity index (χ1) is 11.0. The number of allylic oxidation sites excluding steroid dienone is 1. The minimum Gasteiger partial charge on any atom is -0.444 e. The van der Waals surface area contributed by atoms with E-state index < -0.39 is 17.6 Å². The van der Waals surface area contributed by atoms with E-state index in [0.717, 1.165) is 5.56 Å². The van der Waals surface area contributed by atoms with Crippen LogP contribution in [0.3, 0.4) is 0 Å². The van der Waals surface area contributed by atoms with Crippen LogP contribution in [-0.4, -0.2) is 36.0 Å². The largest absolute Gasteiger partial charge is 0.444 e. The summed E-state index contributed by atoms with van der Waals surface area (Å²) in [7, 11) is 1.53. The zero-order valence-electron chi connectivity index (χ0n) is 14.4. The smallest absolute Gasteiger partial charge is 0.410 e. The standard InChI is InChI=1S/C18H23Cl2NO3/c1-6-7-13(12-8-9-14(19)15(20)10-12)16(22)11-21(5)17(23)24-18(2,3)4/h6,8-10,13H,1,7,11H2,2-5H3/t13-/m1/s1. The molecule has 1 atom stereocenters. The zero-order chi connectivity index (χ0) is 18.5. The Labute approximate surface area is 153 Å². The lowest BCUT2D eigenvalue weighted by Crippen LogP contribution is -2.38. The van der Waals surface area contributed by atoms with Gasteiger partial charge in [-0.25, -0.2) is 4.79 Å². The summed E-state index contributed by atoms with van der Waals surface area (Å²) in [6, 6.07) is 5.08. The third kappa shape index (κ3) is 6.17. The van der Waals surface area contributed by atoms with Gasteiger partial charge in [0.1, 0.15) is 5.60 Å². The summed E-state index contributed by atoms with van der Waals surface area (Å²) in [6.45, 7) is 8.96. The first-order valence-corrected chi connectivity index (χ1v) is 8.33. The van der Waals surface area contributed by atoms with E-state index in [1.54, 1.807) is 45.0 Å². The lowest BCUT2D eigenvalue weighted by molar-refractivity contribution is -0.121. The van der Waals surface area contributed by atoms with Gasteiger partial charge in [0.25, 0.3) is 0 Å². The second-order valence-electron chi connectivity index (χ2n) is 6.55. The molecule has 0 saturated carbocycles. The molecule has 0 aliphatic rings. The zero-order valence-corrected chi connectivity index (χ0v) is 15.9. The molecule has 1 aromatic rings. The van der Waals surface area contributed by atoms with Crippen molar-refractivity contribution in [3.8, 4) is 0 Å². The number of ether oxygens (including phenoxy) is 1. The molecule has 1 rings (SSSR count). The summed E-state index contributed by atoms with van der Waals surface area (Å²) in [5, 5.41) is 0.813. The van der Waals surface area contributed by atoms with Gasteiger partial charge in [0.15, 0.2) is 5.78 Å². The number of hydrogen-bond acceptors (Lipinski definition) is 3. The molecule has 0 spiro atoms. The fourth-order valence-corrected chi connectivity index (χ4v) is 2.40. The number of carbonyl (C=O) groups excluding carboxylic acids is 2. The molecule has 0 aromatic heterocycles. The quantitative estimate of drug-likeness (QED) is 0.654. The average Bonchev–Trinajstić information content (AvgIpc) is 2.45. The van der Waals surface area contributed by atoms with E-state index >= 15 is 0 Å². The number of likely N-dealkylation sites (N-methyl/N-ethyl adjacent to an activating group) is 1. The van der Waals surface area contributed by atoms with Crippen molar-refractivity contribution >= 4 is 35.1 Å². The molecule has 0 saturated heterocycles. The highest BCUT2D eigenvalue weighted by Crippen LogP contribution is 2.29. The van der Waals surface area contributed by atoms with Crippen molar-refractivity contribution in [1.29, 1.82) is 0 Å². The molecule has 0 heterocycles. The third-order valence-electron chi connectivity index (χ3n) is 3.24. The van der Waals surface area contributed by atoms with Crippen LogP contribution < -0.4 is 0 Å². The number of ketones is 1. The SMILES string of the molecule is C=CC[C@@H](C(=O)CN(C)C(=O)OC(C)(C)C)c1ccc(Cl)c(Cl)c1. The molecular formula is C18H23Cl2NO3. The predicted octanol–water partition coefficient (Wildman–Crippen LogP) is 5.09. The van der Waals surface area contributed by atoms with Gasteiger partial charge in [0.05, 0.1) is 16.6 Å². The average molecular weight is 372 g/mol. The molecule has 132 valence electrons. The Hall–Kier alpha value is -1.52. The second kappa shape index (κ2) is 8.54. The number of benzene rings is 1. The third-order valence-corrected chi connectivity index (χ3v) is 3.97. The van der Waals surface area contributed by atoms with Crippen LogP contribution in [0.1, 0.15) is 38.7 Å². The molecule has 0 bridgehead atoms. The van der Waals surface area contributed by atoms with Crippen molar-refractivity contribution in [2.75, 3.05) is 13.6 Å². The number of rotatable bonds is 6. The summed E-state index contributed by atoms with van der Waals surface area (Å²) in [5.74, 6) is -0.566. The lowest BCUT2D eigenvalue weighted by atomic mass is 9.91. The van der Waals surface area contributed by atoms with E-state index in [1.807, 2.05) is 0 Å². The molecule has 1 aromatic carbocycles. The summed E-state index contributed by atoms with van der Waals surface area (Å²) in [5.41, 5.74) is 0.130. The molecule has 0 aliphatic heterocycles. The van der Waals surface area contributed by atoms with Gasteiger partial charge < -0.3 is 9.64 Å². The van der Waals surface area contributed by atoms with Crippen LogP contribution >= 0.6 is 23.2 Å². The van der Waals surface area contributed by atoms with E-state index in [1.165, 1.54) is 11.9 Å². The molecule has 0 radical (unpaired) electrons. The number of amides is 1. The monoisotopic (exact) mass is 371 g/mol. The van der Waals surface area contributed by atoms with Gasteiger partial charge in [-0.1, -0.05) is 35.3 Å². The summed E-state index contributed by atoms with van der Waals surface area (Å²) >= 11 is 12.0. The van der Waals surface area contributed by atoms with Gasteiger partial charge in [-0.2, -0.15) is 0 Å². The van der Waals surface area contributed by atoms with E-state index in [0.29, 0.717) is 16.5 Å². The highest BCUT2D eigenvalue weighted by Gasteiger charge is 2.25. The Balaban J connectivity index is 2.88. The van der Waals surface area contributed by atoms with Crippen molar-refractivity contribution in [2.45, 2.75) is 38.7 Å². The molecule has 0 aliphatic carbocycles. The number of carbonyl (C=O) groups is 2. The normalized spacial score (nSPS) is 12.4. The molecule has 24 heavy (non-hydrogen) atoms. The number of nitrogens with zero attached hydrogens (tertiary/aromatic N) is 1. The minimum atomic E-state index is -0.612. The second-order valence-corrected chi connectivity index (χ2v) is 7.37. The molecule has 0 N–H and O–H groups in total. The summed E-state index contributed by atoms with van der Waals surface area (Å²) in [6.07, 6.45) is 1.57. The number of Topliss-reactive ketones (excluding diaryl/α,β-unsaturated/α-hetero) is 1. The Morgan fingerprint density at radius 3 is 2.42 bits per heavy atom. The van der Waals surface area contributed by atoms with Gasteiger partial charge >= 0.3 is 6.09 Å². The van der Waals surface area contributed by atoms with E-state index in [4.69, 9.17) is 27.9 Å². The van der Waals surface area contributed by atoms with Gasteiger partial charge in [0.2, 0.25) is 0 Å². The highest BCUT2D eigenvalue weighted by atomic mass is 35.5. The van der Waals surface area contributed by atoms with Crippen molar-refractivity contribution in [3.05, 3.63) is 46.5 Å². The van der Waals surface area contributed by atoms with Crippen molar-refractivity contribution in [2.24, 2.45) is 0 Å². The Morgan fingerprint density at radius 2 is 1.92 bits per heavy atom. The van der Waals surface area contributed by atoms with Crippen LogP contribution in [0.5, 0.6) is 0 Å². The maximum atomic E-state index is 12.6. The first-order valence-electron chi connectivity index (χ1n) is 7.58. The van der Waals surface area contributed by atoms with Gasteiger partial charge in [0, 0.05) is 13.0 Å². The molecule has 0 fully saturated rings. The van der Waals surface area contributed by atoms with Crippen LogP contribution in [0.4, 0.5) is 4.79 Å². The highest BCUT2D eigenvalue weighted by molar-refractivity contribution is 6.42. The van der Waals surface area contributed by atoms with E-state index in [9.17, 15) is 9.59 Å². The Morgan fingerprint density at radius 1 is 1.29 bits per heavy atom. The van der Waals surface area contributed by atoms with Gasteiger partial charge in [-0.15, -0.1) is 6.58 Å². The Kier molecular flexibility index (Phi) is 7.30. The summed E-state index contributed by atoms with van der Waals surface area (Å²) in [4.78, 5) is 25.9. The van der Waals surface area contributed by atoms with Crippen LogP contribution in [0.2, 0.25) is 10.0 Å². The van der Waals surface area contributed by atoms with E-state index in [-0.39, 0.29) is 12.3 Å².